The fourth-order valence-electron chi connectivity index (χ4n) is 3.44. The second-order valence-electron chi connectivity index (χ2n) is 9.24. The number of likely N-dealkylation sites (N-methyl/N-ethyl adjacent to an activating group) is 1. The molecule has 3 amide bonds. The molecule has 0 saturated carbocycles. The second-order valence-corrected chi connectivity index (χ2v) is 9.65. The highest BCUT2D eigenvalue weighted by molar-refractivity contribution is 6.31. The van der Waals surface area contributed by atoms with Crippen molar-refractivity contribution < 1.29 is 33.0 Å². The van der Waals surface area contributed by atoms with Gasteiger partial charge in [0.15, 0.2) is 6.79 Å². The number of nitrogens with one attached hydrogen (secondary N) is 4. The Kier molecular flexibility index (Phi) is 12.2. The van der Waals surface area contributed by atoms with Crippen LogP contribution in [0, 0.1) is 11.2 Å². The summed E-state index contributed by atoms with van der Waals surface area (Å²) in [5, 5.41) is 10.8. The van der Waals surface area contributed by atoms with Crippen LogP contribution in [0.5, 0.6) is 5.75 Å². The van der Waals surface area contributed by atoms with E-state index in [1.165, 1.54) is 14.2 Å². The Bertz CT molecular complexity index is 1190. The van der Waals surface area contributed by atoms with Gasteiger partial charge >= 0.3 is 0 Å². The summed E-state index contributed by atoms with van der Waals surface area (Å²) >= 11 is 5.86. The first-order valence-corrected chi connectivity index (χ1v) is 12.3. The molecule has 0 spiro atoms. The monoisotopic (exact) mass is 564 g/mol. The molecule has 0 radical (unpaired) electrons. The molecule has 4 N–H and O–H groups in total. The smallest absolute Gasteiger partial charge is 0.274 e. The maximum absolute atomic E-state index is 13.9. The average molecular weight is 565 g/mol. The van der Waals surface area contributed by atoms with Crippen molar-refractivity contribution in [2.24, 2.45) is 5.41 Å². The van der Waals surface area contributed by atoms with Gasteiger partial charge in [-0.2, -0.15) is 0 Å². The van der Waals surface area contributed by atoms with Crippen LogP contribution < -0.4 is 26.0 Å². The van der Waals surface area contributed by atoms with E-state index in [1.54, 1.807) is 45.2 Å². The molecule has 39 heavy (non-hydrogen) atoms. The largest absolute Gasteiger partial charge is 0.467 e. The number of hydrogen-bond donors (Lipinski definition) is 4. The lowest BCUT2D eigenvalue weighted by Gasteiger charge is -2.25. The molecule has 2 aromatic carbocycles. The predicted molar refractivity (Wildman–Crippen MR) is 146 cm³/mol. The lowest BCUT2D eigenvalue weighted by molar-refractivity contribution is -0.124. The number of halogens is 2. The molecule has 0 fully saturated rings. The fourth-order valence-corrected chi connectivity index (χ4v) is 3.61. The van der Waals surface area contributed by atoms with Crippen LogP contribution in [-0.4, -0.2) is 58.9 Å². The van der Waals surface area contributed by atoms with E-state index in [0.29, 0.717) is 11.4 Å². The highest BCUT2D eigenvalue weighted by Gasteiger charge is 2.27. The Morgan fingerprint density at radius 1 is 1.05 bits per heavy atom. The van der Waals surface area contributed by atoms with E-state index in [4.69, 9.17) is 25.8 Å². The van der Waals surface area contributed by atoms with Gasteiger partial charge in [-0.25, -0.2) is 4.39 Å². The number of benzene rings is 2. The number of amides is 3. The highest BCUT2D eigenvalue weighted by Crippen LogP contribution is 2.27. The van der Waals surface area contributed by atoms with E-state index < -0.39 is 29.0 Å². The predicted octanol–water partition coefficient (Wildman–Crippen LogP) is 3.44. The van der Waals surface area contributed by atoms with Crippen LogP contribution in [0.25, 0.3) is 0 Å². The first-order chi connectivity index (χ1) is 18.5. The van der Waals surface area contributed by atoms with Gasteiger partial charge in [-0.05, 0) is 23.6 Å². The highest BCUT2D eigenvalue weighted by atomic mass is 35.5. The van der Waals surface area contributed by atoms with Gasteiger partial charge in [-0.3, -0.25) is 14.4 Å². The van der Waals surface area contributed by atoms with Crippen LogP contribution in [0.3, 0.4) is 0 Å². The van der Waals surface area contributed by atoms with Gasteiger partial charge in [0, 0.05) is 46.0 Å². The lowest BCUT2D eigenvalue weighted by atomic mass is 9.88. The number of ether oxygens (including phenoxy) is 3. The van der Waals surface area contributed by atoms with Crippen molar-refractivity contribution in [2.45, 2.75) is 20.3 Å². The molecule has 0 heterocycles. The minimum absolute atomic E-state index is 0.00827. The summed E-state index contributed by atoms with van der Waals surface area (Å²) in [6, 6.07) is 11.0. The van der Waals surface area contributed by atoms with Crippen molar-refractivity contribution in [1.29, 1.82) is 0 Å². The SMILES string of the molecule is CNC(COC)=C(NC(=O)CC(C)(C)CNC(=O)c1cc(Cl)c(F)cc1OCOC)C(=O)Nc1ccccc1. The zero-order chi connectivity index (χ0) is 29.0. The summed E-state index contributed by atoms with van der Waals surface area (Å²) in [7, 11) is 4.47. The summed E-state index contributed by atoms with van der Waals surface area (Å²) in [5.41, 5.74) is 0.217. The summed E-state index contributed by atoms with van der Waals surface area (Å²) in [6.07, 6.45) is -0.0451. The number of anilines is 1. The Labute approximate surface area is 232 Å². The molecule has 0 aliphatic carbocycles. The van der Waals surface area contributed by atoms with Gasteiger partial charge in [0.1, 0.15) is 17.3 Å². The fraction of sp³-hybridized carbons (Fsp3) is 0.370. The first-order valence-electron chi connectivity index (χ1n) is 12.0. The number of carbonyl (C=O) groups excluding carboxylic acids is 3. The van der Waals surface area contributed by atoms with Gasteiger partial charge in [0.05, 0.1) is 22.9 Å². The number of methoxy groups -OCH3 is 2. The Morgan fingerprint density at radius 3 is 2.36 bits per heavy atom. The molecule has 0 atom stereocenters. The van der Waals surface area contributed by atoms with Crippen molar-refractivity contribution in [2.75, 3.05) is 46.5 Å². The van der Waals surface area contributed by atoms with Crippen molar-refractivity contribution >= 4 is 35.0 Å². The Hall–Kier alpha value is -3.67. The molecular weight excluding hydrogens is 531 g/mol. The van der Waals surface area contributed by atoms with E-state index in [1.807, 2.05) is 6.07 Å². The first kappa shape index (κ1) is 31.5. The molecule has 0 aliphatic heterocycles. The van der Waals surface area contributed by atoms with Crippen LogP contribution in [0.1, 0.15) is 30.6 Å². The lowest BCUT2D eigenvalue weighted by Crippen LogP contribution is -2.40. The average Bonchev–Trinajstić information content (AvgIpc) is 2.90. The molecule has 212 valence electrons. The zero-order valence-corrected chi connectivity index (χ0v) is 23.3. The molecule has 10 nitrogen and oxygen atoms in total. The van der Waals surface area contributed by atoms with Crippen molar-refractivity contribution in [3.8, 4) is 5.75 Å². The van der Waals surface area contributed by atoms with Gasteiger partial charge < -0.3 is 35.5 Å². The molecular formula is C27H34ClFN4O6. The Morgan fingerprint density at radius 2 is 1.74 bits per heavy atom. The number of para-hydroxylation sites is 1. The van der Waals surface area contributed by atoms with E-state index in [9.17, 15) is 18.8 Å². The van der Waals surface area contributed by atoms with E-state index in [0.717, 1.165) is 12.1 Å². The summed E-state index contributed by atoms with van der Waals surface area (Å²) in [4.78, 5) is 38.9. The maximum Gasteiger partial charge on any atom is 0.274 e. The van der Waals surface area contributed by atoms with Crippen molar-refractivity contribution in [3.05, 3.63) is 70.3 Å². The summed E-state index contributed by atoms with van der Waals surface area (Å²) in [6.45, 7) is 3.48. The normalized spacial score (nSPS) is 11.8. The second kappa shape index (κ2) is 15.1. The number of hydrogen-bond acceptors (Lipinski definition) is 7. The molecule has 0 unspecified atom stereocenters. The quantitative estimate of drug-likeness (QED) is 0.204. The third kappa shape index (κ3) is 9.86. The van der Waals surface area contributed by atoms with Gasteiger partial charge in [-0.1, -0.05) is 43.6 Å². The van der Waals surface area contributed by atoms with Crippen LogP contribution in [-0.2, 0) is 19.1 Å². The maximum atomic E-state index is 13.9. The van der Waals surface area contributed by atoms with Gasteiger partial charge in [-0.15, -0.1) is 0 Å². The third-order valence-electron chi connectivity index (χ3n) is 5.38. The molecule has 0 aromatic heterocycles. The molecule has 0 aliphatic rings. The van der Waals surface area contributed by atoms with Crippen molar-refractivity contribution in [3.63, 3.8) is 0 Å². The van der Waals surface area contributed by atoms with Gasteiger partial charge in [0.25, 0.3) is 11.8 Å². The molecule has 2 rings (SSSR count). The summed E-state index contributed by atoms with van der Waals surface area (Å²) < 4.78 is 29.2. The van der Waals surface area contributed by atoms with E-state index >= 15 is 0 Å². The minimum Gasteiger partial charge on any atom is -0.467 e. The summed E-state index contributed by atoms with van der Waals surface area (Å²) in [5.74, 6) is -2.34. The topological polar surface area (TPSA) is 127 Å². The van der Waals surface area contributed by atoms with Crippen LogP contribution in [0.15, 0.2) is 53.9 Å². The van der Waals surface area contributed by atoms with Crippen LogP contribution in [0.4, 0.5) is 10.1 Å². The number of carbonyl (C=O) groups is 3. The molecule has 0 saturated heterocycles. The third-order valence-corrected chi connectivity index (χ3v) is 5.67. The Balaban J connectivity index is 2.12. The van der Waals surface area contributed by atoms with E-state index in [2.05, 4.69) is 21.3 Å². The minimum atomic E-state index is -0.745. The molecule has 2 aromatic rings. The van der Waals surface area contributed by atoms with Gasteiger partial charge in [0.2, 0.25) is 5.91 Å². The zero-order valence-electron chi connectivity index (χ0n) is 22.6. The van der Waals surface area contributed by atoms with Crippen LogP contribution >= 0.6 is 11.6 Å². The number of rotatable bonds is 14. The standard InChI is InChI=1S/C27H34ClFN4O6/c1-27(2,15-31-25(35)18-11-19(28)20(29)12-22(18)39-16-38-5)13-23(34)33-24(21(30-3)14-37-4)26(36)32-17-9-7-6-8-10-17/h6-12,30H,13-16H2,1-5H3,(H,31,35)(H,32,36)(H,33,34). The van der Waals surface area contributed by atoms with E-state index in [-0.39, 0.29) is 48.4 Å². The molecule has 0 bridgehead atoms. The van der Waals surface area contributed by atoms with Crippen molar-refractivity contribution in [1.82, 2.24) is 16.0 Å². The van der Waals surface area contributed by atoms with Crippen LogP contribution in [0.2, 0.25) is 5.02 Å². The molecule has 12 heteroatoms.